The lowest BCUT2D eigenvalue weighted by molar-refractivity contribution is 0.581. The maximum absolute atomic E-state index is 6.44. The molecule has 0 saturated carbocycles. The Labute approximate surface area is 533 Å². The van der Waals surface area contributed by atoms with Crippen LogP contribution in [0.15, 0.2) is 340 Å². The Balaban J connectivity index is 0.980. The molecule has 0 amide bonds. The summed E-state index contributed by atoms with van der Waals surface area (Å²) in [4.78, 5) is 19.3. The highest BCUT2D eigenvalue weighted by Crippen LogP contribution is 2.62. The second-order valence-corrected chi connectivity index (χ2v) is 24.8. The number of para-hydroxylation sites is 2. The number of hydrogen-bond donors (Lipinski definition) is 0. The molecule has 0 bridgehead atoms. The molecule has 0 fully saturated rings. The summed E-state index contributed by atoms with van der Waals surface area (Å²) in [5.41, 5.74) is 21.5. The number of nitrogens with zero attached hydrogens (tertiary/aromatic N) is 4. The summed E-state index contributed by atoms with van der Waals surface area (Å²) in [5, 5.41) is 4.80. The molecule has 3 aliphatic carbocycles. The number of rotatable bonds is 9. The Morgan fingerprint density at radius 3 is 0.967 bits per heavy atom. The van der Waals surface area contributed by atoms with E-state index in [4.69, 9.17) is 15.0 Å². The molecule has 3 aliphatic rings. The highest BCUT2D eigenvalue weighted by atomic mass is 15.1. The third-order valence-corrected chi connectivity index (χ3v) is 20.5. The molecule has 0 saturated heterocycles. The van der Waals surface area contributed by atoms with Gasteiger partial charge in [-0.15, -0.1) is 0 Å². The molecule has 0 spiro atoms. The Bertz CT molecular complexity index is 5490. The third-order valence-electron chi connectivity index (χ3n) is 20.5. The van der Waals surface area contributed by atoms with Gasteiger partial charge in [0.15, 0.2) is 17.5 Å². The van der Waals surface area contributed by atoms with E-state index in [-0.39, 0.29) is 0 Å². The smallest absolute Gasteiger partial charge is 0.152 e. The summed E-state index contributed by atoms with van der Waals surface area (Å²) < 4.78 is 2.41. The lowest BCUT2D eigenvalue weighted by Gasteiger charge is -2.38. The van der Waals surface area contributed by atoms with Crippen molar-refractivity contribution in [1.29, 1.82) is 0 Å². The largest absolute Gasteiger partial charge is 0.309 e. The van der Waals surface area contributed by atoms with Gasteiger partial charge in [-0.25, -0.2) is 15.0 Å². The predicted molar refractivity (Wildman–Crippen MR) is 374 cm³/mol. The normalized spacial score (nSPS) is 15.2. The van der Waals surface area contributed by atoms with Crippen molar-refractivity contribution >= 4 is 32.6 Å². The first-order chi connectivity index (χ1) is 45.6. The molecule has 4 heteroatoms. The van der Waals surface area contributed by atoms with Crippen molar-refractivity contribution in [3.63, 3.8) is 0 Å². The van der Waals surface area contributed by atoms with Crippen molar-refractivity contribution in [3.8, 4) is 61.3 Å². The minimum absolute atomic E-state index is 0.647. The van der Waals surface area contributed by atoms with Gasteiger partial charge in [-0.3, -0.25) is 0 Å². The summed E-state index contributed by atoms with van der Waals surface area (Å²) in [5.74, 6) is 1.95. The SMILES string of the molecule is c1ccc(-c2ccc(C3(c4nc(C5(c6ccc(-n7c8ccccc8c8ccccc87)cc6)c6ccccc6-c6ccccc65)nc(C5(c6ccc(-c7ccccc7)cc6)c6ccccc6-c6c5ccc5ccccc65)n4)c4ccccc4-c4ccccc43)cc2)cc1. The van der Waals surface area contributed by atoms with E-state index in [1.807, 2.05) is 0 Å². The molecule has 92 heavy (non-hydrogen) atoms. The molecule has 0 radical (unpaired) electrons. The van der Waals surface area contributed by atoms with E-state index in [2.05, 4.69) is 344 Å². The molecule has 4 nitrogen and oxygen atoms in total. The van der Waals surface area contributed by atoms with Gasteiger partial charge in [-0.2, -0.15) is 0 Å². The van der Waals surface area contributed by atoms with Gasteiger partial charge in [0, 0.05) is 16.5 Å². The fourth-order valence-corrected chi connectivity index (χ4v) is 16.6. The Morgan fingerprint density at radius 2 is 0.533 bits per heavy atom. The van der Waals surface area contributed by atoms with Gasteiger partial charge in [-0.1, -0.05) is 315 Å². The van der Waals surface area contributed by atoms with Crippen molar-refractivity contribution in [2.45, 2.75) is 16.2 Å². The molecule has 14 aromatic carbocycles. The van der Waals surface area contributed by atoms with Gasteiger partial charge in [0.2, 0.25) is 0 Å². The van der Waals surface area contributed by atoms with Gasteiger partial charge in [-0.05, 0) is 141 Å². The van der Waals surface area contributed by atoms with E-state index in [0.29, 0.717) is 17.5 Å². The van der Waals surface area contributed by atoms with E-state index in [0.717, 1.165) is 117 Å². The molecule has 2 heterocycles. The summed E-state index contributed by atoms with van der Waals surface area (Å²) in [6, 6.07) is 125. The Kier molecular flexibility index (Phi) is 11.4. The number of hydrogen-bond acceptors (Lipinski definition) is 3. The summed E-state index contributed by atoms with van der Waals surface area (Å²) >= 11 is 0. The highest BCUT2D eigenvalue weighted by Gasteiger charge is 2.56. The minimum atomic E-state index is -1.09. The molecule has 0 N–H and O–H groups in total. The average molecular weight is 1170 g/mol. The standard InChI is InChI=1S/C88H56N4/c1-3-23-57(24-4-1)59-43-48-62(49-44-59)86(74-36-16-9-29-67(74)68-30-10-17-37-75(68)86)83-89-84(87(76-38-18-11-31-69(76)70-32-12-19-39-77(70)87)64-52-54-65(55-53-64)92-80-41-21-14-33-71(80)72-34-15-22-42-81(72)92)91-85(90-83)88(63-50-45-60(46-51-63)58-25-5-2-6-26-58)78-40-20-13-35-73(78)82-66-28-8-7-27-61(66)47-56-79(82)88/h1-56H. The van der Waals surface area contributed by atoms with E-state index in [1.165, 1.54) is 27.1 Å². The minimum Gasteiger partial charge on any atom is -0.309 e. The van der Waals surface area contributed by atoms with Crippen LogP contribution in [0.1, 0.15) is 67.5 Å². The van der Waals surface area contributed by atoms with Gasteiger partial charge in [0.05, 0.1) is 11.0 Å². The molecule has 19 rings (SSSR count). The summed E-state index contributed by atoms with van der Waals surface area (Å²) in [6.45, 7) is 0. The van der Waals surface area contributed by atoms with Crippen molar-refractivity contribution < 1.29 is 0 Å². The molecule has 2 aromatic heterocycles. The zero-order chi connectivity index (χ0) is 60.5. The van der Waals surface area contributed by atoms with E-state index in [1.54, 1.807) is 0 Å². The topological polar surface area (TPSA) is 43.6 Å². The number of benzene rings is 14. The van der Waals surface area contributed by atoms with Crippen LogP contribution >= 0.6 is 0 Å². The van der Waals surface area contributed by atoms with Crippen LogP contribution in [-0.4, -0.2) is 19.5 Å². The van der Waals surface area contributed by atoms with Crippen LogP contribution in [0.2, 0.25) is 0 Å². The van der Waals surface area contributed by atoms with Crippen LogP contribution in [0.25, 0.3) is 93.9 Å². The van der Waals surface area contributed by atoms with Crippen LogP contribution < -0.4 is 0 Å². The Hall–Kier alpha value is -11.9. The second kappa shape index (κ2) is 20.1. The first-order valence-electron chi connectivity index (χ1n) is 31.8. The van der Waals surface area contributed by atoms with Crippen LogP contribution in [0, 0.1) is 0 Å². The third kappa shape index (κ3) is 7.15. The highest BCUT2D eigenvalue weighted by molar-refractivity contribution is 6.09. The van der Waals surface area contributed by atoms with Crippen molar-refractivity contribution in [2.24, 2.45) is 0 Å². The summed E-state index contributed by atoms with van der Waals surface area (Å²) in [7, 11) is 0. The van der Waals surface area contributed by atoms with Crippen LogP contribution in [0.5, 0.6) is 0 Å². The van der Waals surface area contributed by atoms with Gasteiger partial charge >= 0.3 is 0 Å². The van der Waals surface area contributed by atoms with Crippen LogP contribution in [0.3, 0.4) is 0 Å². The molecule has 1 unspecified atom stereocenters. The molecule has 1 atom stereocenters. The van der Waals surface area contributed by atoms with Crippen molar-refractivity contribution in [3.05, 3.63) is 407 Å². The van der Waals surface area contributed by atoms with Gasteiger partial charge in [0.25, 0.3) is 0 Å². The average Bonchev–Trinajstić information content (AvgIpc) is 1.48. The first kappa shape index (κ1) is 52.1. The maximum atomic E-state index is 6.44. The van der Waals surface area contributed by atoms with Gasteiger partial charge < -0.3 is 4.57 Å². The second-order valence-electron chi connectivity index (χ2n) is 24.8. The van der Waals surface area contributed by atoms with Gasteiger partial charge in [0.1, 0.15) is 16.2 Å². The van der Waals surface area contributed by atoms with Crippen LogP contribution in [-0.2, 0) is 16.2 Å². The quantitative estimate of drug-likeness (QED) is 0.145. The molecule has 428 valence electrons. The summed E-state index contributed by atoms with van der Waals surface area (Å²) in [6.07, 6.45) is 0. The molecule has 16 aromatic rings. The fraction of sp³-hybridized carbons (Fsp3) is 0.0341. The van der Waals surface area contributed by atoms with Crippen molar-refractivity contribution in [1.82, 2.24) is 19.5 Å². The molecular weight excluding hydrogens is 1110 g/mol. The molecular formula is C88H56N4. The zero-order valence-electron chi connectivity index (χ0n) is 50.1. The number of fused-ring (bicyclic) bond motifs is 14. The first-order valence-corrected chi connectivity index (χ1v) is 31.8. The zero-order valence-corrected chi connectivity index (χ0v) is 50.1. The monoisotopic (exact) mass is 1170 g/mol. The lowest BCUT2D eigenvalue weighted by Crippen LogP contribution is -2.40. The molecule has 0 aliphatic heterocycles. The Morgan fingerprint density at radius 1 is 0.217 bits per heavy atom. The van der Waals surface area contributed by atoms with E-state index >= 15 is 0 Å². The maximum Gasteiger partial charge on any atom is 0.152 e. The fourth-order valence-electron chi connectivity index (χ4n) is 16.6. The van der Waals surface area contributed by atoms with Crippen LogP contribution in [0.4, 0.5) is 0 Å². The predicted octanol–water partition coefficient (Wildman–Crippen LogP) is 20.5. The number of aromatic nitrogens is 4. The van der Waals surface area contributed by atoms with E-state index < -0.39 is 16.2 Å². The van der Waals surface area contributed by atoms with E-state index in [9.17, 15) is 0 Å². The lowest BCUT2D eigenvalue weighted by atomic mass is 9.68. The van der Waals surface area contributed by atoms with Crippen molar-refractivity contribution in [2.75, 3.05) is 0 Å².